The summed E-state index contributed by atoms with van der Waals surface area (Å²) in [6.07, 6.45) is 0. The van der Waals surface area contributed by atoms with Gasteiger partial charge in [-0.3, -0.25) is 10.1 Å². The molecular weight excluding hydrogens is 237 g/mol. The maximum Gasteiger partial charge on any atom is 1.00 e. The zero-order chi connectivity index (χ0) is 10.9. The van der Waals surface area contributed by atoms with Gasteiger partial charge in [0, 0.05) is 11.6 Å². The zero-order valence-corrected chi connectivity index (χ0v) is 11.3. The third-order valence-electron chi connectivity index (χ3n) is 1.80. The van der Waals surface area contributed by atoms with Crippen LogP contribution in [-0.2, 0) is 0 Å². The molecule has 0 aliphatic heterocycles. The Morgan fingerprint density at radius 3 is 2.20 bits per heavy atom. The molecule has 0 saturated heterocycles. The first-order valence-corrected chi connectivity index (χ1v) is 3.77. The summed E-state index contributed by atoms with van der Waals surface area (Å²) in [6.45, 7) is -3.80. The third kappa shape index (κ3) is 3.88. The summed E-state index contributed by atoms with van der Waals surface area (Å²) >= 11 is 0. The van der Waals surface area contributed by atoms with Crippen LogP contribution in [0, 0.1) is 17.0 Å². The first-order chi connectivity index (χ1) is 6.32. The molecule has 0 radical (unpaired) electrons. The van der Waals surface area contributed by atoms with Crippen molar-refractivity contribution in [2.24, 2.45) is 0 Å². The quantitative estimate of drug-likeness (QED) is 0.378. The number of benzene rings is 1. The largest absolute Gasteiger partial charge is 1.00 e. The Morgan fingerprint density at radius 1 is 1.33 bits per heavy atom. The minimum atomic E-state index is -5.08. The topological polar surface area (TPSA) is 43.1 Å². The van der Waals surface area contributed by atoms with Gasteiger partial charge in [-0.05, 0) is 6.92 Å². The molecule has 15 heavy (non-hydrogen) atoms. The van der Waals surface area contributed by atoms with Crippen LogP contribution in [-0.4, -0.2) is 11.9 Å². The van der Waals surface area contributed by atoms with Gasteiger partial charge in [-0.2, -0.15) is 0 Å². The molecule has 0 aromatic heterocycles. The first kappa shape index (κ1) is 15.1. The van der Waals surface area contributed by atoms with Gasteiger partial charge in [0.15, 0.2) is 0 Å². The first-order valence-electron chi connectivity index (χ1n) is 3.77. The van der Waals surface area contributed by atoms with Crippen LogP contribution < -0.4 is 56.8 Å². The normalized spacial score (nSPS) is 10.7. The van der Waals surface area contributed by atoms with Crippen molar-refractivity contribution in [1.29, 1.82) is 0 Å². The van der Waals surface area contributed by atoms with Crippen molar-refractivity contribution in [2.75, 3.05) is 0 Å². The van der Waals surface area contributed by atoms with Crippen molar-refractivity contribution in [3.63, 3.8) is 0 Å². The van der Waals surface area contributed by atoms with Gasteiger partial charge in [-0.25, -0.2) is 0 Å². The number of nitro benzene ring substituents is 1. The van der Waals surface area contributed by atoms with Crippen LogP contribution in [0.3, 0.4) is 0 Å². The fourth-order valence-electron chi connectivity index (χ4n) is 1.09. The standard InChI is InChI=1S/C7H6BF3NO2.K/c1-5-4-6(8(9,10)11)2-3-7(5)12(13)14;/h2-4H,1H3;/q-1;+1. The summed E-state index contributed by atoms with van der Waals surface area (Å²) in [5.74, 6) is 0. The van der Waals surface area contributed by atoms with Gasteiger partial charge in [0.2, 0.25) is 0 Å². The number of nitrogens with zero attached hydrogens (tertiary/aromatic N) is 1. The minimum Gasteiger partial charge on any atom is -0.445 e. The van der Waals surface area contributed by atoms with Crippen LogP contribution >= 0.6 is 0 Å². The maximum absolute atomic E-state index is 12.2. The molecule has 1 aromatic rings. The summed E-state index contributed by atoms with van der Waals surface area (Å²) in [6, 6.07) is 2.39. The van der Waals surface area contributed by atoms with Crippen LogP contribution in [0.25, 0.3) is 0 Å². The van der Waals surface area contributed by atoms with Crippen molar-refractivity contribution in [2.45, 2.75) is 6.92 Å². The monoisotopic (exact) mass is 243 g/mol. The van der Waals surface area contributed by atoms with Crippen molar-refractivity contribution in [3.05, 3.63) is 33.9 Å². The van der Waals surface area contributed by atoms with Gasteiger partial charge in [-0.1, -0.05) is 12.1 Å². The molecule has 0 spiro atoms. The molecule has 8 heteroatoms. The Labute approximate surface area is 127 Å². The van der Waals surface area contributed by atoms with Gasteiger partial charge < -0.3 is 12.9 Å². The second-order valence-corrected chi connectivity index (χ2v) is 2.88. The summed E-state index contributed by atoms with van der Waals surface area (Å²) in [5, 5.41) is 10.3. The average molecular weight is 243 g/mol. The maximum atomic E-state index is 12.2. The van der Waals surface area contributed by atoms with Gasteiger partial charge in [-0.15, -0.1) is 5.46 Å². The molecule has 1 rings (SSSR count). The number of hydrogen-bond acceptors (Lipinski definition) is 2. The summed E-state index contributed by atoms with van der Waals surface area (Å²) < 4.78 is 36.6. The molecule has 76 valence electrons. The van der Waals surface area contributed by atoms with Crippen LogP contribution in [0.5, 0.6) is 0 Å². The molecule has 0 bridgehead atoms. The summed E-state index contributed by atoms with van der Waals surface area (Å²) in [7, 11) is 0. The summed E-state index contributed by atoms with van der Waals surface area (Å²) in [4.78, 5) is 9.61. The van der Waals surface area contributed by atoms with E-state index in [-0.39, 0.29) is 62.6 Å². The van der Waals surface area contributed by atoms with E-state index < -0.39 is 17.4 Å². The number of hydrogen-bond donors (Lipinski definition) is 0. The van der Waals surface area contributed by atoms with E-state index in [4.69, 9.17) is 0 Å². The number of rotatable bonds is 2. The number of nitro groups is 1. The van der Waals surface area contributed by atoms with Gasteiger partial charge >= 0.3 is 58.4 Å². The summed E-state index contributed by atoms with van der Waals surface area (Å²) in [5.41, 5.74) is -1.09. The molecule has 0 amide bonds. The molecule has 0 N–H and O–H groups in total. The van der Waals surface area contributed by atoms with E-state index in [0.29, 0.717) is 0 Å². The molecule has 0 saturated carbocycles. The molecule has 1 aromatic carbocycles. The van der Waals surface area contributed by atoms with Gasteiger partial charge in [0.05, 0.1) is 4.92 Å². The van der Waals surface area contributed by atoms with Crippen LogP contribution in [0.4, 0.5) is 18.6 Å². The molecule has 0 atom stereocenters. The van der Waals surface area contributed by atoms with Crippen LogP contribution in [0.1, 0.15) is 5.56 Å². The fourth-order valence-corrected chi connectivity index (χ4v) is 1.09. The Balaban J connectivity index is 0.00000196. The minimum absolute atomic E-state index is 0. The van der Waals surface area contributed by atoms with E-state index in [1.165, 1.54) is 6.92 Å². The molecule has 0 aliphatic carbocycles. The van der Waals surface area contributed by atoms with Crippen LogP contribution in [0.15, 0.2) is 18.2 Å². The van der Waals surface area contributed by atoms with Gasteiger partial charge in [0.25, 0.3) is 5.69 Å². The van der Waals surface area contributed by atoms with Crippen molar-refractivity contribution in [1.82, 2.24) is 0 Å². The van der Waals surface area contributed by atoms with Crippen molar-refractivity contribution < 1.29 is 69.3 Å². The smallest absolute Gasteiger partial charge is 0.445 e. The Kier molecular flexibility index (Phi) is 5.48. The average Bonchev–Trinajstić information content (AvgIpc) is 2.01. The molecule has 3 nitrogen and oxygen atoms in total. The number of aryl methyl sites for hydroxylation is 1. The Hall–Kier alpha value is 0.111. The predicted molar refractivity (Wildman–Crippen MR) is 46.5 cm³/mol. The Bertz CT molecular complexity index is 383. The van der Waals surface area contributed by atoms with E-state index in [0.717, 1.165) is 18.2 Å². The molecule has 0 fully saturated rings. The Morgan fingerprint density at radius 2 is 1.87 bits per heavy atom. The van der Waals surface area contributed by atoms with E-state index >= 15 is 0 Å². The van der Waals surface area contributed by atoms with E-state index in [1.54, 1.807) is 0 Å². The SMILES string of the molecule is Cc1cc([B-](F)(F)F)ccc1[N+](=O)[O-].[K+]. The van der Waals surface area contributed by atoms with Crippen molar-refractivity contribution >= 4 is 18.1 Å². The number of halogens is 3. The van der Waals surface area contributed by atoms with Gasteiger partial charge in [0.1, 0.15) is 0 Å². The predicted octanol–water partition coefficient (Wildman–Crippen LogP) is -1.04. The molecular formula is C7H6BF3KNO2. The second kappa shape index (κ2) is 5.44. The van der Waals surface area contributed by atoms with Crippen molar-refractivity contribution in [3.8, 4) is 0 Å². The fraction of sp³-hybridized carbons (Fsp3) is 0.143. The van der Waals surface area contributed by atoms with Crippen LogP contribution in [0.2, 0.25) is 0 Å². The molecule has 0 heterocycles. The second-order valence-electron chi connectivity index (χ2n) is 2.88. The molecule has 0 aliphatic rings. The van der Waals surface area contributed by atoms with E-state index in [2.05, 4.69) is 0 Å². The molecule has 0 unspecified atom stereocenters. The zero-order valence-electron chi connectivity index (χ0n) is 8.21. The third-order valence-corrected chi connectivity index (χ3v) is 1.80. The van der Waals surface area contributed by atoms with E-state index in [1.807, 2.05) is 0 Å². The van der Waals surface area contributed by atoms with E-state index in [9.17, 15) is 23.1 Å².